The third kappa shape index (κ3) is 3.25. The highest BCUT2D eigenvalue weighted by Gasteiger charge is 2.22. The molecule has 0 spiro atoms. The van der Waals surface area contributed by atoms with Crippen LogP contribution in [0.25, 0.3) is 0 Å². The van der Waals surface area contributed by atoms with Gasteiger partial charge in [0.25, 0.3) is 5.69 Å². The lowest BCUT2D eigenvalue weighted by Crippen LogP contribution is -2.25. The molecule has 0 atom stereocenters. The van der Waals surface area contributed by atoms with Gasteiger partial charge in [-0.15, -0.1) is 0 Å². The number of aliphatic hydroxyl groups is 1. The first-order valence-electron chi connectivity index (χ1n) is 6.60. The van der Waals surface area contributed by atoms with Crippen molar-refractivity contribution in [2.75, 3.05) is 6.61 Å². The number of hydrogen-bond acceptors (Lipinski definition) is 5. The first kappa shape index (κ1) is 14.3. The molecule has 0 amide bonds. The van der Waals surface area contributed by atoms with E-state index < -0.39 is 4.92 Å². The lowest BCUT2D eigenvalue weighted by molar-refractivity contribution is -0.385. The van der Waals surface area contributed by atoms with Crippen molar-refractivity contribution in [3.05, 3.63) is 33.9 Å². The van der Waals surface area contributed by atoms with Gasteiger partial charge in [-0.3, -0.25) is 10.1 Å². The maximum atomic E-state index is 10.7. The Morgan fingerprint density at radius 1 is 1.40 bits per heavy atom. The highest BCUT2D eigenvalue weighted by Crippen LogP contribution is 2.29. The van der Waals surface area contributed by atoms with Gasteiger partial charge in [0.1, 0.15) is 17.4 Å². The largest absolute Gasteiger partial charge is 0.490 e. The number of nitrogens with zero attached hydrogens (tertiary/aromatic N) is 2. The number of ether oxygens (including phenoxy) is 1. The van der Waals surface area contributed by atoms with Crippen molar-refractivity contribution in [1.29, 1.82) is 5.26 Å². The molecule has 0 aromatic heterocycles. The van der Waals surface area contributed by atoms with E-state index in [0.29, 0.717) is 11.7 Å². The minimum atomic E-state index is -0.575. The first-order chi connectivity index (χ1) is 9.63. The van der Waals surface area contributed by atoms with Gasteiger partial charge < -0.3 is 9.84 Å². The van der Waals surface area contributed by atoms with Crippen LogP contribution in [0.2, 0.25) is 0 Å². The summed E-state index contributed by atoms with van der Waals surface area (Å²) in [5, 5.41) is 28.7. The van der Waals surface area contributed by atoms with Crippen molar-refractivity contribution in [1.82, 2.24) is 0 Å². The maximum absolute atomic E-state index is 10.7. The van der Waals surface area contributed by atoms with Gasteiger partial charge >= 0.3 is 0 Å². The second-order valence-corrected chi connectivity index (χ2v) is 4.99. The molecule has 1 N–H and O–H groups in total. The van der Waals surface area contributed by atoms with Crippen molar-refractivity contribution in [3.63, 3.8) is 0 Å². The summed E-state index contributed by atoms with van der Waals surface area (Å²) < 4.78 is 5.77. The fraction of sp³-hybridized carbons (Fsp3) is 0.500. The molecule has 1 aliphatic carbocycles. The third-order valence-electron chi connectivity index (χ3n) is 3.64. The van der Waals surface area contributed by atoms with Crippen LogP contribution in [0.5, 0.6) is 5.75 Å². The van der Waals surface area contributed by atoms with E-state index >= 15 is 0 Å². The summed E-state index contributed by atoms with van der Waals surface area (Å²) in [5.41, 5.74) is -0.194. The quantitative estimate of drug-likeness (QED) is 0.672. The molecule has 1 aromatic rings. The molecule has 1 fully saturated rings. The fourth-order valence-electron chi connectivity index (χ4n) is 2.46. The number of hydrogen-bond donors (Lipinski definition) is 1. The van der Waals surface area contributed by atoms with E-state index in [0.717, 1.165) is 25.7 Å². The molecule has 20 heavy (non-hydrogen) atoms. The normalized spacial score (nSPS) is 22.0. The Kier molecular flexibility index (Phi) is 4.53. The van der Waals surface area contributed by atoms with Gasteiger partial charge in [-0.1, -0.05) is 0 Å². The number of benzene rings is 1. The zero-order valence-corrected chi connectivity index (χ0v) is 11.0. The Labute approximate surface area is 116 Å². The zero-order valence-electron chi connectivity index (χ0n) is 11.0. The highest BCUT2D eigenvalue weighted by atomic mass is 16.6. The van der Waals surface area contributed by atoms with E-state index in [1.807, 2.05) is 6.07 Å². The molecular formula is C14H16N2O4. The van der Waals surface area contributed by atoms with Gasteiger partial charge in [0.05, 0.1) is 11.0 Å². The molecule has 0 saturated heterocycles. The van der Waals surface area contributed by atoms with Gasteiger partial charge in [-0.2, -0.15) is 5.26 Å². The van der Waals surface area contributed by atoms with Crippen molar-refractivity contribution < 1.29 is 14.8 Å². The van der Waals surface area contributed by atoms with Crippen LogP contribution in [-0.4, -0.2) is 22.7 Å². The Morgan fingerprint density at radius 3 is 2.65 bits per heavy atom. The average Bonchev–Trinajstić information content (AvgIpc) is 2.47. The van der Waals surface area contributed by atoms with Gasteiger partial charge in [-0.25, -0.2) is 0 Å². The SMILES string of the molecule is N#Cc1cc(OC2CCC(CO)CC2)ccc1[N+](=O)[O-]. The van der Waals surface area contributed by atoms with E-state index in [4.69, 9.17) is 15.1 Å². The van der Waals surface area contributed by atoms with Crippen LogP contribution in [0.1, 0.15) is 31.2 Å². The molecule has 0 heterocycles. The number of nitro benzene ring substituents is 1. The number of nitro groups is 1. The molecule has 0 radical (unpaired) electrons. The topological polar surface area (TPSA) is 96.4 Å². The summed E-state index contributed by atoms with van der Waals surface area (Å²) in [7, 11) is 0. The van der Waals surface area contributed by atoms with E-state index in [2.05, 4.69) is 0 Å². The zero-order chi connectivity index (χ0) is 14.5. The minimum Gasteiger partial charge on any atom is -0.490 e. The molecule has 1 saturated carbocycles. The predicted molar refractivity (Wildman–Crippen MR) is 71.3 cm³/mol. The molecular weight excluding hydrogens is 260 g/mol. The predicted octanol–water partition coefficient (Wildman–Crippen LogP) is 2.40. The Hall–Kier alpha value is -2.13. The number of rotatable bonds is 4. The van der Waals surface area contributed by atoms with Crippen molar-refractivity contribution in [3.8, 4) is 11.8 Å². The summed E-state index contributed by atoms with van der Waals surface area (Å²) in [6.07, 6.45) is 3.58. The molecule has 6 nitrogen and oxygen atoms in total. The van der Waals surface area contributed by atoms with Gasteiger partial charge in [0, 0.05) is 18.7 Å². The molecule has 0 aliphatic heterocycles. The van der Waals surface area contributed by atoms with Crippen LogP contribution < -0.4 is 4.74 Å². The third-order valence-corrected chi connectivity index (χ3v) is 3.64. The smallest absolute Gasteiger partial charge is 0.287 e. The van der Waals surface area contributed by atoms with E-state index in [-0.39, 0.29) is 24.0 Å². The van der Waals surface area contributed by atoms with Gasteiger partial charge in [0.15, 0.2) is 0 Å². The molecule has 1 aromatic carbocycles. The van der Waals surface area contributed by atoms with Crippen molar-refractivity contribution >= 4 is 5.69 Å². The van der Waals surface area contributed by atoms with Gasteiger partial charge in [0.2, 0.25) is 0 Å². The fourth-order valence-corrected chi connectivity index (χ4v) is 2.46. The maximum Gasteiger partial charge on any atom is 0.287 e. The second-order valence-electron chi connectivity index (χ2n) is 4.99. The van der Waals surface area contributed by atoms with E-state index in [1.54, 1.807) is 0 Å². The van der Waals surface area contributed by atoms with Crippen LogP contribution in [0, 0.1) is 27.4 Å². The molecule has 2 rings (SSSR count). The molecule has 0 bridgehead atoms. The van der Waals surface area contributed by atoms with E-state index in [1.165, 1.54) is 18.2 Å². The highest BCUT2D eigenvalue weighted by molar-refractivity contribution is 5.52. The molecule has 106 valence electrons. The molecule has 6 heteroatoms. The van der Waals surface area contributed by atoms with E-state index in [9.17, 15) is 10.1 Å². The molecule has 1 aliphatic rings. The standard InChI is InChI=1S/C14H16N2O4/c15-8-11-7-13(5-6-14(11)16(18)19)20-12-3-1-10(9-17)2-4-12/h5-7,10,12,17H,1-4,9H2. The average molecular weight is 276 g/mol. The second kappa shape index (κ2) is 6.35. The van der Waals surface area contributed by atoms with Crippen LogP contribution in [-0.2, 0) is 0 Å². The lowest BCUT2D eigenvalue weighted by Gasteiger charge is -2.27. The monoisotopic (exact) mass is 276 g/mol. The van der Waals surface area contributed by atoms with Crippen molar-refractivity contribution in [2.24, 2.45) is 5.92 Å². The lowest BCUT2D eigenvalue weighted by atomic mass is 9.88. The first-order valence-corrected chi connectivity index (χ1v) is 6.60. The molecule has 0 unspecified atom stereocenters. The Bertz CT molecular complexity index is 530. The summed E-state index contributed by atoms with van der Waals surface area (Å²) in [6.45, 7) is 0.211. The van der Waals surface area contributed by atoms with Crippen LogP contribution in [0.3, 0.4) is 0 Å². The van der Waals surface area contributed by atoms with Crippen LogP contribution in [0.4, 0.5) is 5.69 Å². The number of nitriles is 1. The Morgan fingerprint density at radius 2 is 2.10 bits per heavy atom. The van der Waals surface area contributed by atoms with Gasteiger partial charge in [-0.05, 0) is 37.7 Å². The summed E-state index contributed by atoms with van der Waals surface area (Å²) in [5.74, 6) is 0.834. The van der Waals surface area contributed by atoms with Crippen molar-refractivity contribution in [2.45, 2.75) is 31.8 Å². The Balaban J connectivity index is 2.04. The minimum absolute atomic E-state index is 0.0107. The van der Waals surface area contributed by atoms with Crippen LogP contribution >= 0.6 is 0 Å². The summed E-state index contributed by atoms with van der Waals surface area (Å²) >= 11 is 0. The summed E-state index contributed by atoms with van der Waals surface area (Å²) in [6, 6.07) is 6.05. The number of aliphatic hydroxyl groups excluding tert-OH is 1. The summed E-state index contributed by atoms with van der Waals surface area (Å²) in [4.78, 5) is 10.2. The van der Waals surface area contributed by atoms with Crippen LogP contribution in [0.15, 0.2) is 18.2 Å².